The Kier molecular flexibility index (Phi) is 0.787. The highest BCUT2D eigenvalue weighted by molar-refractivity contribution is 5.08. The molecule has 0 saturated heterocycles. The molecule has 2 aliphatic rings. The number of fused-ring (bicyclic) bond motifs is 2. The summed E-state index contributed by atoms with van der Waals surface area (Å²) in [5.41, 5.74) is 0. The molecule has 3 atom stereocenters. The van der Waals surface area contributed by atoms with Crippen LogP contribution in [0.15, 0.2) is 12.2 Å². The van der Waals surface area contributed by atoms with Crippen molar-refractivity contribution in [3.63, 3.8) is 0 Å². The normalized spacial score (nSPS) is 50.9. The van der Waals surface area contributed by atoms with Gasteiger partial charge in [0.25, 0.3) is 0 Å². The SMILES string of the molecule is CC1C[C@@H]2C=C[C@H]1C2. The second kappa shape index (κ2) is 1.37. The lowest BCUT2D eigenvalue weighted by Gasteiger charge is -2.09. The Labute approximate surface area is 50.6 Å². The molecule has 1 fully saturated rings. The maximum absolute atomic E-state index is 2.40. The average molecular weight is 108 g/mol. The fraction of sp³-hybridized carbons (Fsp3) is 0.750. The van der Waals surface area contributed by atoms with Crippen molar-refractivity contribution in [1.82, 2.24) is 0 Å². The van der Waals surface area contributed by atoms with E-state index in [-0.39, 0.29) is 0 Å². The van der Waals surface area contributed by atoms with Crippen LogP contribution in [0.25, 0.3) is 0 Å². The Morgan fingerprint density at radius 3 is 2.38 bits per heavy atom. The van der Waals surface area contributed by atoms with Crippen molar-refractivity contribution in [3.05, 3.63) is 12.2 Å². The summed E-state index contributed by atoms with van der Waals surface area (Å²) < 4.78 is 0. The second-order valence-electron chi connectivity index (χ2n) is 3.26. The van der Waals surface area contributed by atoms with E-state index in [0.717, 1.165) is 17.8 Å². The van der Waals surface area contributed by atoms with Crippen molar-refractivity contribution in [3.8, 4) is 0 Å². The Morgan fingerprint density at radius 2 is 2.12 bits per heavy atom. The van der Waals surface area contributed by atoms with Crippen LogP contribution in [0.3, 0.4) is 0 Å². The molecular formula is C8H12. The Balaban J connectivity index is 2.23. The van der Waals surface area contributed by atoms with Gasteiger partial charge in [0.2, 0.25) is 0 Å². The summed E-state index contributed by atoms with van der Waals surface area (Å²) in [5.74, 6) is 2.92. The number of hydrogen-bond donors (Lipinski definition) is 0. The van der Waals surface area contributed by atoms with Crippen molar-refractivity contribution in [2.75, 3.05) is 0 Å². The summed E-state index contributed by atoms with van der Waals surface area (Å²) >= 11 is 0. The van der Waals surface area contributed by atoms with Gasteiger partial charge in [-0.15, -0.1) is 0 Å². The molecular weight excluding hydrogens is 96.1 g/mol. The molecule has 2 aliphatic carbocycles. The standard InChI is InChI=1S/C8H12/c1-6-4-7-2-3-8(6)5-7/h2-3,6-8H,4-5H2,1H3/t6?,7-,8-/m0/s1. The van der Waals surface area contributed by atoms with Crippen LogP contribution in [0.4, 0.5) is 0 Å². The van der Waals surface area contributed by atoms with Gasteiger partial charge in [-0.05, 0) is 30.6 Å². The van der Waals surface area contributed by atoms with Gasteiger partial charge < -0.3 is 0 Å². The highest BCUT2D eigenvalue weighted by Gasteiger charge is 2.32. The molecule has 2 bridgehead atoms. The molecule has 1 saturated carbocycles. The highest BCUT2D eigenvalue weighted by Crippen LogP contribution is 2.42. The zero-order chi connectivity index (χ0) is 5.56. The van der Waals surface area contributed by atoms with Gasteiger partial charge in [0.1, 0.15) is 0 Å². The van der Waals surface area contributed by atoms with Crippen LogP contribution in [0.1, 0.15) is 19.8 Å². The number of allylic oxidation sites excluding steroid dienone is 2. The first-order chi connectivity index (χ1) is 3.86. The molecule has 0 amide bonds. The molecule has 0 radical (unpaired) electrons. The van der Waals surface area contributed by atoms with E-state index in [4.69, 9.17) is 0 Å². The molecule has 0 nitrogen and oxygen atoms in total. The first kappa shape index (κ1) is 4.60. The third-order valence-electron chi connectivity index (χ3n) is 2.61. The van der Waals surface area contributed by atoms with E-state index < -0.39 is 0 Å². The molecule has 0 aromatic rings. The lowest BCUT2D eigenvalue weighted by molar-refractivity contribution is 0.493. The quantitative estimate of drug-likeness (QED) is 0.417. The van der Waals surface area contributed by atoms with Crippen LogP contribution < -0.4 is 0 Å². The van der Waals surface area contributed by atoms with Crippen molar-refractivity contribution in [2.45, 2.75) is 19.8 Å². The molecule has 0 aliphatic heterocycles. The van der Waals surface area contributed by atoms with E-state index >= 15 is 0 Å². The third kappa shape index (κ3) is 0.460. The minimum atomic E-state index is 0.958. The fourth-order valence-electron chi connectivity index (χ4n) is 2.06. The molecule has 0 heteroatoms. The summed E-state index contributed by atoms with van der Waals surface area (Å²) in [6.07, 6.45) is 7.71. The first-order valence-corrected chi connectivity index (χ1v) is 3.54. The summed E-state index contributed by atoms with van der Waals surface area (Å²) in [7, 11) is 0. The minimum Gasteiger partial charge on any atom is -0.0851 e. The van der Waals surface area contributed by atoms with Crippen molar-refractivity contribution in [1.29, 1.82) is 0 Å². The second-order valence-corrected chi connectivity index (χ2v) is 3.26. The van der Waals surface area contributed by atoms with E-state index in [1.54, 1.807) is 0 Å². The van der Waals surface area contributed by atoms with Gasteiger partial charge in [0.15, 0.2) is 0 Å². The first-order valence-electron chi connectivity index (χ1n) is 3.54. The van der Waals surface area contributed by atoms with Gasteiger partial charge in [0, 0.05) is 0 Å². The smallest absolute Gasteiger partial charge is 0.0202 e. The van der Waals surface area contributed by atoms with Crippen LogP contribution in [-0.2, 0) is 0 Å². The molecule has 8 heavy (non-hydrogen) atoms. The molecule has 0 aromatic heterocycles. The van der Waals surface area contributed by atoms with Crippen LogP contribution in [0.5, 0.6) is 0 Å². The van der Waals surface area contributed by atoms with Gasteiger partial charge in [0.05, 0.1) is 0 Å². The molecule has 0 N–H and O–H groups in total. The summed E-state index contributed by atoms with van der Waals surface area (Å²) in [4.78, 5) is 0. The lowest BCUT2D eigenvalue weighted by atomic mass is 9.96. The predicted molar refractivity (Wildman–Crippen MR) is 34.5 cm³/mol. The van der Waals surface area contributed by atoms with Gasteiger partial charge in [-0.2, -0.15) is 0 Å². The molecule has 0 heterocycles. The largest absolute Gasteiger partial charge is 0.0851 e. The summed E-state index contributed by atoms with van der Waals surface area (Å²) in [6, 6.07) is 0. The van der Waals surface area contributed by atoms with Crippen molar-refractivity contribution < 1.29 is 0 Å². The maximum atomic E-state index is 2.40. The van der Waals surface area contributed by atoms with Crippen molar-refractivity contribution >= 4 is 0 Å². The van der Waals surface area contributed by atoms with Crippen LogP contribution >= 0.6 is 0 Å². The van der Waals surface area contributed by atoms with Gasteiger partial charge in [-0.3, -0.25) is 0 Å². The monoisotopic (exact) mass is 108 g/mol. The third-order valence-corrected chi connectivity index (χ3v) is 2.61. The molecule has 0 aromatic carbocycles. The zero-order valence-corrected chi connectivity index (χ0v) is 5.30. The zero-order valence-electron chi connectivity index (χ0n) is 5.30. The molecule has 2 rings (SSSR count). The Morgan fingerprint density at radius 1 is 1.25 bits per heavy atom. The number of hydrogen-bond acceptors (Lipinski definition) is 0. The highest BCUT2D eigenvalue weighted by atomic mass is 14.4. The molecule has 0 spiro atoms. The van der Waals surface area contributed by atoms with Crippen LogP contribution in [0.2, 0.25) is 0 Å². The average Bonchev–Trinajstić information content (AvgIpc) is 2.23. The number of rotatable bonds is 0. The lowest BCUT2D eigenvalue weighted by Crippen LogP contribution is -1.99. The van der Waals surface area contributed by atoms with Crippen molar-refractivity contribution in [2.24, 2.45) is 17.8 Å². The van der Waals surface area contributed by atoms with Crippen LogP contribution in [0, 0.1) is 17.8 Å². The summed E-state index contributed by atoms with van der Waals surface area (Å²) in [6.45, 7) is 2.37. The predicted octanol–water partition coefficient (Wildman–Crippen LogP) is 2.22. The van der Waals surface area contributed by atoms with E-state index in [0.29, 0.717) is 0 Å². The van der Waals surface area contributed by atoms with Gasteiger partial charge in [-0.25, -0.2) is 0 Å². The van der Waals surface area contributed by atoms with E-state index in [1.165, 1.54) is 12.8 Å². The maximum Gasteiger partial charge on any atom is -0.0202 e. The minimum absolute atomic E-state index is 0.958. The Bertz CT molecular complexity index is 124. The van der Waals surface area contributed by atoms with E-state index in [2.05, 4.69) is 19.1 Å². The van der Waals surface area contributed by atoms with E-state index in [1.807, 2.05) is 0 Å². The summed E-state index contributed by atoms with van der Waals surface area (Å²) in [5, 5.41) is 0. The fourth-order valence-corrected chi connectivity index (χ4v) is 2.06. The van der Waals surface area contributed by atoms with Crippen LogP contribution in [-0.4, -0.2) is 0 Å². The topological polar surface area (TPSA) is 0 Å². The van der Waals surface area contributed by atoms with Gasteiger partial charge in [-0.1, -0.05) is 19.1 Å². The molecule has 1 unspecified atom stereocenters. The molecule has 44 valence electrons. The van der Waals surface area contributed by atoms with E-state index in [9.17, 15) is 0 Å². The Hall–Kier alpha value is -0.260. The van der Waals surface area contributed by atoms with Gasteiger partial charge >= 0.3 is 0 Å².